The first kappa shape index (κ1) is 22.9. The van der Waals surface area contributed by atoms with E-state index in [0.29, 0.717) is 31.6 Å². The van der Waals surface area contributed by atoms with E-state index in [1.54, 1.807) is 25.1 Å². The summed E-state index contributed by atoms with van der Waals surface area (Å²) in [6.45, 7) is 2.95. The number of carbonyl (C=O) groups excluding carboxylic acids is 1. The zero-order valence-corrected chi connectivity index (χ0v) is 18.4. The number of carbonyl (C=O) groups is 2. The SMILES string of the molecule is CCOC(=O)[C@H]1CCCN(c2ccc(NS(=O)(=O)c3ccccc3Cl)cc2C(=O)O)C1. The lowest BCUT2D eigenvalue weighted by Crippen LogP contribution is -2.40. The van der Waals surface area contributed by atoms with Crippen molar-refractivity contribution in [2.75, 3.05) is 29.3 Å². The molecule has 2 aromatic rings. The molecule has 166 valence electrons. The van der Waals surface area contributed by atoms with Crippen LogP contribution in [0.15, 0.2) is 47.4 Å². The van der Waals surface area contributed by atoms with Gasteiger partial charge in [0.25, 0.3) is 10.0 Å². The molecule has 0 bridgehead atoms. The molecule has 8 nitrogen and oxygen atoms in total. The van der Waals surface area contributed by atoms with Gasteiger partial charge < -0.3 is 14.7 Å². The Hall–Kier alpha value is -2.78. The molecule has 1 aliphatic rings. The van der Waals surface area contributed by atoms with Crippen LogP contribution in [0.2, 0.25) is 5.02 Å². The summed E-state index contributed by atoms with van der Waals surface area (Å²) in [6.07, 6.45) is 1.39. The number of esters is 1. The van der Waals surface area contributed by atoms with Crippen molar-refractivity contribution < 1.29 is 27.9 Å². The molecule has 1 fully saturated rings. The minimum Gasteiger partial charge on any atom is -0.478 e. The molecule has 0 saturated carbocycles. The van der Waals surface area contributed by atoms with Gasteiger partial charge in [-0.3, -0.25) is 9.52 Å². The van der Waals surface area contributed by atoms with Crippen LogP contribution in [0.5, 0.6) is 0 Å². The molecule has 0 unspecified atom stereocenters. The quantitative estimate of drug-likeness (QED) is 0.599. The lowest BCUT2D eigenvalue weighted by molar-refractivity contribution is -0.148. The lowest BCUT2D eigenvalue weighted by Gasteiger charge is -2.34. The number of hydrogen-bond donors (Lipinski definition) is 2. The van der Waals surface area contributed by atoms with E-state index in [2.05, 4.69) is 4.72 Å². The first-order valence-corrected chi connectivity index (χ1v) is 11.7. The summed E-state index contributed by atoms with van der Waals surface area (Å²) >= 11 is 5.99. The fourth-order valence-corrected chi connectivity index (χ4v) is 5.14. The van der Waals surface area contributed by atoms with E-state index in [0.717, 1.165) is 0 Å². The Morgan fingerprint density at radius 1 is 1.26 bits per heavy atom. The molecule has 0 spiro atoms. The first-order valence-electron chi connectivity index (χ1n) is 9.79. The molecule has 1 heterocycles. The standard InChI is InChI=1S/C21H23ClN2O6S/c1-2-30-21(27)14-6-5-11-24(13-14)18-10-9-15(12-16(18)20(25)26)23-31(28,29)19-8-4-3-7-17(19)22/h3-4,7-10,12,14,23H,2,5-6,11,13H2,1H3,(H,25,26)/t14-/m0/s1. The van der Waals surface area contributed by atoms with Crippen molar-refractivity contribution in [2.24, 2.45) is 5.92 Å². The van der Waals surface area contributed by atoms with Crippen LogP contribution in [-0.4, -0.2) is 45.2 Å². The number of benzene rings is 2. The molecule has 0 aromatic heterocycles. The van der Waals surface area contributed by atoms with Gasteiger partial charge in [0.1, 0.15) is 4.90 Å². The third-order valence-electron chi connectivity index (χ3n) is 4.99. The Labute approximate surface area is 185 Å². The van der Waals surface area contributed by atoms with Crippen molar-refractivity contribution in [1.29, 1.82) is 0 Å². The largest absolute Gasteiger partial charge is 0.478 e. The number of anilines is 2. The molecule has 0 amide bonds. The Kier molecular flexibility index (Phi) is 7.07. The minimum atomic E-state index is -4.00. The molecule has 1 saturated heterocycles. The number of halogens is 1. The maximum atomic E-state index is 12.7. The summed E-state index contributed by atoms with van der Waals surface area (Å²) in [4.78, 5) is 25.7. The number of nitrogens with one attached hydrogen (secondary N) is 1. The third kappa shape index (κ3) is 5.29. The molecule has 31 heavy (non-hydrogen) atoms. The van der Waals surface area contributed by atoms with Gasteiger partial charge in [-0.1, -0.05) is 23.7 Å². The second-order valence-corrected chi connectivity index (χ2v) is 9.17. The number of aromatic carboxylic acids is 1. The van der Waals surface area contributed by atoms with Crippen molar-refractivity contribution in [1.82, 2.24) is 0 Å². The summed E-state index contributed by atoms with van der Waals surface area (Å²) in [5.41, 5.74) is 0.450. The van der Waals surface area contributed by atoms with E-state index in [1.807, 2.05) is 4.90 Å². The molecule has 0 radical (unpaired) electrons. The van der Waals surface area contributed by atoms with Gasteiger partial charge in [0, 0.05) is 18.8 Å². The normalized spacial score (nSPS) is 16.6. The highest BCUT2D eigenvalue weighted by Gasteiger charge is 2.29. The predicted molar refractivity (Wildman–Crippen MR) is 117 cm³/mol. The number of hydrogen-bond acceptors (Lipinski definition) is 6. The summed E-state index contributed by atoms with van der Waals surface area (Å²) < 4.78 is 32.8. The maximum Gasteiger partial charge on any atom is 0.337 e. The predicted octanol–water partition coefficient (Wildman–Crippen LogP) is 3.62. The molecule has 3 rings (SSSR count). The van der Waals surface area contributed by atoms with Gasteiger partial charge in [0.2, 0.25) is 0 Å². The minimum absolute atomic E-state index is 0.0587. The van der Waals surface area contributed by atoms with Crippen LogP contribution in [0.4, 0.5) is 11.4 Å². The second-order valence-electron chi connectivity index (χ2n) is 7.11. The maximum absolute atomic E-state index is 12.7. The van der Waals surface area contributed by atoms with Gasteiger partial charge in [-0.2, -0.15) is 0 Å². The van der Waals surface area contributed by atoms with E-state index in [9.17, 15) is 23.1 Å². The van der Waals surface area contributed by atoms with Gasteiger partial charge in [0.15, 0.2) is 0 Å². The second kappa shape index (κ2) is 9.57. The van der Waals surface area contributed by atoms with Crippen LogP contribution in [0.1, 0.15) is 30.1 Å². The van der Waals surface area contributed by atoms with Crippen LogP contribution < -0.4 is 9.62 Å². The van der Waals surface area contributed by atoms with E-state index in [1.165, 1.54) is 24.3 Å². The van der Waals surface area contributed by atoms with Crippen molar-refractivity contribution in [3.63, 3.8) is 0 Å². The summed E-state index contributed by atoms with van der Waals surface area (Å²) in [5.74, 6) is -1.84. The fraction of sp³-hybridized carbons (Fsp3) is 0.333. The smallest absolute Gasteiger partial charge is 0.337 e. The van der Waals surface area contributed by atoms with E-state index < -0.39 is 16.0 Å². The summed E-state index contributed by atoms with van der Waals surface area (Å²) in [5, 5.41) is 9.78. The number of sulfonamides is 1. The molecule has 1 aliphatic heterocycles. The third-order valence-corrected chi connectivity index (χ3v) is 6.87. The molecule has 10 heteroatoms. The number of rotatable bonds is 7. The zero-order chi connectivity index (χ0) is 22.6. The molecule has 2 N–H and O–H groups in total. The number of ether oxygens (including phenoxy) is 1. The van der Waals surface area contributed by atoms with E-state index in [-0.39, 0.29) is 39.7 Å². The average Bonchev–Trinajstić information content (AvgIpc) is 2.74. The summed E-state index contributed by atoms with van der Waals surface area (Å²) in [7, 11) is -4.00. The molecular formula is C21H23ClN2O6S. The monoisotopic (exact) mass is 466 g/mol. The molecule has 2 aromatic carbocycles. The van der Waals surface area contributed by atoms with Crippen molar-refractivity contribution in [3.05, 3.63) is 53.1 Å². The number of carboxylic acids is 1. The Morgan fingerprint density at radius 2 is 2.00 bits per heavy atom. The van der Waals surface area contributed by atoms with Gasteiger partial charge >= 0.3 is 11.9 Å². The first-order chi connectivity index (χ1) is 14.7. The van der Waals surface area contributed by atoms with Crippen LogP contribution >= 0.6 is 11.6 Å². The number of piperidine rings is 1. The van der Waals surface area contributed by atoms with Gasteiger partial charge in [-0.15, -0.1) is 0 Å². The van der Waals surface area contributed by atoms with Crippen LogP contribution in [-0.2, 0) is 19.6 Å². The van der Waals surface area contributed by atoms with Gasteiger partial charge in [0.05, 0.1) is 28.8 Å². The zero-order valence-electron chi connectivity index (χ0n) is 16.9. The van der Waals surface area contributed by atoms with Crippen LogP contribution in [0, 0.1) is 5.92 Å². The molecular weight excluding hydrogens is 444 g/mol. The topological polar surface area (TPSA) is 113 Å². The Balaban J connectivity index is 1.87. The van der Waals surface area contributed by atoms with Crippen molar-refractivity contribution in [3.8, 4) is 0 Å². The van der Waals surface area contributed by atoms with Crippen molar-refractivity contribution in [2.45, 2.75) is 24.7 Å². The van der Waals surface area contributed by atoms with Crippen molar-refractivity contribution >= 4 is 44.9 Å². The molecule has 1 atom stereocenters. The van der Waals surface area contributed by atoms with Crippen LogP contribution in [0.3, 0.4) is 0 Å². The number of carboxylic acid groups (broad SMARTS) is 1. The molecule has 0 aliphatic carbocycles. The van der Waals surface area contributed by atoms with Gasteiger partial charge in [-0.05, 0) is 50.1 Å². The highest BCUT2D eigenvalue weighted by Crippen LogP contribution is 2.31. The highest BCUT2D eigenvalue weighted by atomic mass is 35.5. The fourth-order valence-electron chi connectivity index (χ4n) is 3.57. The summed E-state index contributed by atoms with van der Waals surface area (Å²) in [6, 6.07) is 10.3. The number of nitrogens with zero attached hydrogens (tertiary/aromatic N) is 1. The Morgan fingerprint density at radius 3 is 2.68 bits per heavy atom. The lowest BCUT2D eigenvalue weighted by atomic mass is 9.97. The highest BCUT2D eigenvalue weighted by molar-refractivity contribution is 7.92. The Bertz CT molecular complexity index is 1090. The van der Waals surface area contributed by atoms with Crippen LogP contribution in [0.25, 0.3) is 0 Å². The van der Waals surface area contributed by atoms with E-state index in [4.69, 9.17) is 16.3 Å². The average molecular weight is 467 g/mol. The van der Waals surface area contributed by atoms with E-state index >= 15 is 0 Å². The van der Waals surface area contributed by atoms with Gasteiger partial charge in [-0.25, -0.2) is 13.2 Å².